The topological polar surface area (TPSA) is 53.8 Å². The van der Waals surface area contributed by atoms with Gasteiger partial charge in [0.05, 0.1) is 0 Å². The predicted octanol–water partition coefficient (Wildman–Crippen LogP) is 4.83. The molecule has 1 saturated heterocycles. The van der Waals surface area contributed by atoms with E-state index in [2.05, 4.69) is 46.8 Å². The molecule has 4 rings (SSSR count). The van der Waals surface area contributed by atoms with Crippen molar-refractivity contribution in [2.45, 2.75) is 71.6 Å². The first-order chi connectivity index (χ1) is 15.0. The summed E-state index contributed by atoms with van der Waals surface area (Å²) in [4.78, 5) is 28.0. The van der Waals surface area contributed by atoms with E-state index in [0.29, 0.717) is 38.4 Å². The third-order valence-corrected chi connectivity index (χ3v) is 7.56. The van der Waals surface area contributed by atoms with E-state index in [9.17, 15) is 9.59 Å². The Morgan fingerprint density at radius 1 is 0.906 bits per heavy atom. The van der Waals surface area contributed by atoms with Crippen molar-refractivity contribution in [2.75, 3.05) is 26.2 Å². The fourth-order valence-corrected chi connectivity index (χ4v) is 5.11. The van der Waals surface area contributed by atoms with E-state index in [0.717, 1.165) is 5.76 Å². The van der Waals surface area contributed by atoms with Crippen molar-refractivity contribution in [2.24, 2.45) is 0 Å². The lowest BCUT2D eigenvalue weighted by atomic mass is 9.62. The van der Waals surface area contributed by atoms with Crippen LogP contribution in [0.5, 0.6) is 0 Å². The average Bonchev–Trinajstić information content (AvgIpc) is 3.20. The number of furan rings is 1. The molecule has 5 nitrogen and oxygen atoms in total. The van der Waals surface area contributed by atoms with E-state index in [1.807, 2.05) is 6.07 Å². The summed E-state index contributed by atoms with van der Waals surface area (Å²) in [6, 6.07) is 8.45. The maximum absolute atomic E-state index is 12.9. The lowest BCUT2D eigenvalue weighted by Crippen LogP contribution is -2.50. The first-order valence-corrected chi connectivity index (χ1v) is 11.8. The Morgan fingerprint density at radius 2 is 1.47 bits per heavy atom. The summed E-state index contributed by atoms with van der Waals surface area (Å²) in [5, 5.41) is 0. The van der Waals surface area contributed by atoms with Crippen LogP contribution in [0.2, 0.25) is 0 Å². The quantitative estimate of drug-likeness (QED) is 0.692. The highest BCUT2D eigenvalue weighted by Crippen LogP contribution is 2.46. The molecular weight excluding hydrogens is 400 g/mol. The molecule has 1 aromatic carbocycles. The molecular formula is C27H36N2O3. The van der Waals surface area contributed by atoms with Crippen LogP contribution in [0.3, 0.4) is 0 Å². The number of piperazine rings is 1. The van der Waals surface area contributed by atoms with Gasteiger partial charge in [0.25, 0.3) is 5.91 Å². The van der Waals surface area contributed by atoms with Crippen LogP contribution in [0.4, 0.5) is 0 Å². The molecule has 1 aromatic heterocycles. The predicted molar refractivity (Wildman–Crippen MR) is 126 cm³/mol. The molecule has 5 heteroatoms. The highest BCUT2D eigenvalue weighted by molar-refractivity contribution is 5.91. The zero-order valence-electron chi connectivity index (χ0n) is 20.4. The fraction of sp³-hybridized carbons (Fsp3) is 0.556. The summed E-state index contributed by atoms with van der Waals surface area (Å²) in [5.41, 5.74) is 5.82. The van der Waals surface area contributed by atoms with Crippen molar-refractivity contribution in [3.8, 4) is 0 Å². The van der Waals surface area contributed by atoms with Crippen LogP contribution in [0.15, 0.2) is 28.7 Å². The van der Waals surface area contributed by atoms with Crippen molar-refractivity contribution in [3.63, 3.8) is 0 Å². The van der Waals surface area contributed by atoms with Crippen LogP contribution in [-0.2, 0) is 22.0 Å². The molecule has 32 heavy (non-hydrogen) atoms. The monoisotopic (exact) mass is 436 g/mol. The number of carbonyl (C=O) groups is 2. The number of benzene rings is 1. The van der Waals surface area contributed by atoms with E-state index >= 15 is 0 Å². The standard InChI is InChI=1S/C27H36N2O3/c1-18-15-22-23(27(5,6)10-9-26(22,3)4)17-20(18)16-21-7-8-24(32-21)25(31)29-13-11-28(12-14-29)19(2)30/h7-8,15,17H,9-14,16H2,1-6H3. The fourth-order valence-electron chi connectivity index (χ4n) is 5.11. The molecule has 1 aliphatic heterocycles. The van der Waals surface area contributed by atoms with Gasteiger partial charge in [0.2, 0.25) is 5.91 Å². The number of nitrogens with zero attached hydrogens (tertiary/aromatic N) is 2. The zero-order chi connectivity index (χ0) is 23.3. The van der Waals surface area contributed by atoms with Crippen LogP contribution in [-0.4, -0.2) is 47.8 Å². The Labute approximate surface area is 191 Å². The van der Waals surface area contributed by atoms with Gasteiger partial charge in [0.1, 0.15) is 5.76 Å². The molecule has 2 aliphatic rings. The maximum Gasteiger partial charge on any atom is 0.289 e. The maximum atomic E-state index is 12.9. The Kier molecular flexibility index (Phi) is 5.72. The first kappa shape index (κ1) is 22.6. The van der Waals surface area contributed by atoms with Gasteiger partial charge in [0.15, 0.2) is 5.76 Å². The molecule has 172 valence electrons. The van der Waals surface area contributed by atoms with Gasteiger partial charge >= 0.3 is 0 Å². The minimum atomic E-state index is -0.0931. The largest absolute Gasteiger partial charge is 0.456 e. The second-order valence-corrected chi connectivity index (χ2v) is 10.8. The molecule has 0 spiro atoms. The first-order valence-electron chi connectivity index (χ1n) is 11.8. The molecule has 2 heterocycles. The van der Waals surface area contributed by atoms with Gasteiger partial charge in [-0.3, -0.25) is 9.59 Å². The van der Waals surface area contributed by atoms with E-state index in [1.54, 1.807) is 22.8 Å². The summed E-state index contributed by atoms with van der Waals surface area (Å²) in [6.45, 7) is 15.4. The lowest BCUT2D eigenvalue weighted by molar-refractivity contribution is -0.130. The number of carbonyl (C=O) groups excluding carboxylic acids is 2. The van der Waals surface area contributed by atoms with Crippen LogP contribution in [0, 0.1) is 6.92 Å². The minimum Gasteiger partial charge on any atom is -0.456 e. The molecule has 0 unspecified atom stereocenters. The molecule has 2 aromatic rings. The average molecular weight is 437 g/mol. The van der Waals surface area contributed by atoms with Crippen LogP contribution in [0.1, 0.15) is 86.0 Å². The molecule has 1 fully saturated rings. The summed E-state index contributed by atoms with van der Waals surface area (Å²) >= 11 is 0. The zero-order valence-corrected chi connectivity index (χ0v) is 20.4. The van der Waals surface area contributed by atoms with Crippen LogP contribution in [0.25, 0.3) is 0 Å². The summed E-state index contributed by atoms with van der Waals surface area (Å²) < 4.78 is 6.00. The van der Waals surface area contributed by atoms with Gasteiger partial charge in [-0.1, -0.05) is 39.8 Å². The molecule has 0 radical (unpaired) electrons. The van der Waals surface area contributed by atoms with Gasteiger partial charge in [-0.05, 0) is 65.0 Å². The van der Waals surface area contributed by atoms with Gasteiger partial charge in [-0.2, -0.15) is 0 Å². The highest BCUT2D eigenvalue weighted by Gasteiger charge is 2.37. The third kappa shape index (κ3) is 4.22. The number of hydrogen-bond donors (Lipinski definition) is 0. The third-order valence-electron chi connectivity index (χ3n) is 7.56. The van der Waals surface area contributed by atoms with Crippen LogP contribution < -0.4 is 0 Å². The number of amides is 2. The Hall–Kier alpha value is -2.56. The summed E-state index contributed by atoms with van der Waals surface area (Å²) in [6.07, 6.45) is 3.07. The molecule has 0 bridgehead atoms. The molecule has 0 atom stereocenters. The van der Waals surface area contributed by atoms with E-state index < -0.39 is 0 Å². The second kappa shape index (κ2) is 8.09. The van der Waals surface area contributed by atoms with Gasteiger partial charge in [0, 0.05) is 39.5 Å². The molecule has 1 aliphatic carbocycles. The Balaban J connectivity index is 1.52. The van der Waals surface area contributed by atoms with Crippen molar-refractivity contribution >= 4 is 11.8 Å². The van der Waals surface area contributed by atoms with Crippen LogP contribution >= 0.6 is 0 Å². The van der Waals surface area contributed by atoms with E-state index in [4.69, 9.17) is 4.42 Å². The number of aryl methyl sites for hydroxylation is 1. The SMILES string of the molecule is CC(=O)N1CCN(C(=O)c2ccc(Cc3cc4c(cc3C)C(C)(C)CCC4(C)C)o2)CC1. The van der Waals surface area contributed by atoms with Gasteiger partial charge in [-0.25, -0.2) is 0 Å². The summed E-state index contributed by atoms with van der Waals surface area (Å²) in [5.74, 6) is 1.16. The highest BCUT2D eigenvalue weighted by atomic mass is 16.4. The number of hydrogen-bond acceptors (Lipinski definition) is 3. The lowest BCUT2D eigenvalue weighted by Gasteiger charge is -2.42. The van der Waals surface area contributed by atoms with Crippen molar-refractivity contribution < 1.29 is 14.0 Å². The van der Waals surface area contributed by atoms with Gasteiger partial charge in [-0.15, -0.1) is 0 Å². The Morgan fingerprint density at radius 3 is 2.06 bits per heavy atom. The molecule has 0 N–H and O–H groups in total. The van der Waals surface area contributed by atoms with Gasteiger partial charge < -0.3 is 14.2 Å². The van der Waals surface area contributed by atoms with E-state index in [-0.39, 0.29) is 22.6 Å². The van der Waals surface area contributed by atoms with Crippen molar-refractivity contribution in [1.29, 1.82) is 0 Å². The molecule has 0 saturated carbocycles. The second-order valence-electron chi connectivity index (χ2n) is 10.8. The number of rotatable bonds is 3. The Bertz CT molecular complexity index is 1040. The van der Waals surface area contributed by atoms with Crippen molar-refractivity contribution in [1.82, 2.24) is 9.80 Å². The normalized spacial score (nSPS) is 19.6. The van der Waals surface area contributed by atoms with Crippen molar-refractivity contribution in [3.05, 3.63) is 58.0 Å². The minimum absolute atomic E-state index is 0.0596. The smallest absolute Gasteiger partial charge is 0.289 e. The summed E-state index contributed by atoms with van der Waals surface area (Å²) in [7, 11) is 0. The molecule has 2 amide bonds. The van der Waals surface area contributed by atoms with E-state index in [1.165, 1.54) is 35.1 Å². The number of fused-ring (bicyclic) bond motifs is 1.